The Hall–Kier alpha value is -0.910. The molecule has 0 amide bonds. The summed E-state index contributed by atoms with van der Waals surface area (Å²) in [5.41, 5.74) is 1.10. The lowest BCUT2D eigenvalue weighted by Crippen LogP contribution is -2.23. The largest absolute Gasteiger partial charge is 0.379 e. The van der Waals surface area contributed by atoms with E-state index >= 15 is 0 Å². The minimum Gasteiger partial charge on any atom is -0.379 e. The van der Waals surface area contributed by atoms with Crippen LogP contribution in [0.3, 0.4) is 0 Å². The van der Waals surface area contributed by atoms with E-state index in [9.17, 15) is 0 Å². The zero-order valence-electron chi connectivity index (χ0n) is 9.49. The van der Waals surface area contributed by atoms with Crippen molar-refractivity contribution in [3.63, 3.8) is 0 Å². The van der Waals surface area contributed by atoms with Gasteiger partial charge in [-0.1, -0.05) is 0 Å². The lowest BCUT2D eigenvalue weighted by Gasteiger charge is -2.09. The molecule has 0 saturated carbocycles. The maximum absolute atomic E-state index is 5.43. The smallest absolute Gasteiger partial charge is 0.0593 e. The van der Waals surface area contributed by atoms with Gasteiger partial charge in [0.2, 0.25) is 0 Å². The van der Waals surface area contributed by atoms with Gasteiger partial charge in [0.15, 0.2) is 0 Å². The first kappa shape index (κ1) is 12.2. The van der Waals surface area contributed by atoms with Crippen molar-refractivity contribution in [3.05, 3.63) is 18.0 Å². The van der Waals surface area contributed by atoms with Crippen molar-refractivity contribution >= 4 is 0 Å². The highest BCUT2D eigenvalue weighted by Gasteiger charge is 1.93. The molecule has 1 rings (SSSR count). The fraction of sp³-hybridized carbons (Fsp3) is 0.700. The molecule has 1 aromatic rings. The number of ether oxygens (including phenoxy) is 1. The van der Waals surface area contributed by atoms with Crippen LogP contribution in [-0.4, -0.2) is 55.5 Å². The number of nitrogens with one attached hydrogen (secondary N) is 2. The average molecular weight is 212 g/mol. The van der Waals surface area contributed by atoms with Crippen molar-refractivity contribution in [2.75, 3.05) is 40.4 Å². The predicted octanol–water partition coefficient (Wildman–Crippen LogP) is 0.0775. The standard InChI is InChI=1S/C10H20N4O/c1-14(2)6-8-15-7-5-11-9-10-3-4-12-13-10/h3-4,11H,5-9H2,1-2H3,(H,12,13). The van der Waals surface area contributed by atoms with Crippen LogP contribution < -0.4 is 5.32 Å². The van der Waals surface area contributed by atoms with Crippen molar-refractivity contribution in [3.8, 4) is 0 Å². The minimum atomic E-state index is 0.752. The summed E-state index contributed by atoms with van der Waals surface area (Å²) in [5.74, 6) is 0. The Kier molecular flexibility index (Phi) is 5.99. The molecule has 5 heteroatoms. The van der Waals surface area contributed by atoms with Crippen molar-refractivity contribution < 1.29 is 4.74 Å². The molecule has 2 N–H and O–H groups in total. The summed E-state index contributed by atoms with van der Waals surface area (Å²) in [6.45, 7) is 4.20. The van der Waals surface area contributed by atoms with Crippen LogP contribution in [0.2, 0.25) is 0 Å². The van der Waals surface area contributed by atoms with Gasteiger partial charge in [0.05, 0.1) is 13.2 Å². The monoisotopic (exact) mass is 212 g/mol. The minimum absolute atomic E-state index is 0.752. The number of likely N-dealkylation sites (N-methyl/N-ethyl adjacent to an activating group) is 1. The highest BCUT2D eigenvalue weighted by Crippen LogP contribution is 1.88. The Morgan fingerprint density at radius 2 is 2.33 bits per heavy atom. The third-order valence-electron chi connectivity index (χ3n) is 1.98. The highest BCUT2D eigenvalue weighted by molar-refractivity contribution is 4.96. The van der Waals surface area contributed by atoms with E-state index < -0.39 is 0 Å². The Bertz CT molecular complexity index is 236. The van der Waals surface area contributed by atoms with E-state index in [2.05, 4.69) is 20.4 Å². The molecule has 15 heavy (non-hydrogen) atoms. The zero-order valence-corrected chi connectivity index (χ0v) is 9.49. The maximum atomic E-state index is 5.43. The second kappa shape index (κ2) is 7.39. The summed E-state index contributed by atoms with van der Waals surface area (Å²) in [5, 5.41) is 10.0. The summed E-state index contributed by atoms with van der Waals surface area (Å²) >= 11 is 0. The molecule has 0 fully saturated rings. The van der Waals surface area contributed by atoms with E-state index in [-0.39, 0.29) is 0 Å². The van der Waals surface area contributed by atoms with Gasteiger partial charge >= 0.3 is 0 Å². The molecule has 5 nitrogen and oxygen atoms in total. The van der Waals surface area contributed by atoms with Crippen molar-refractivity contribution in [2.24, 2.45) is 0 Å². The van der Waals surface area contributed by atoms with E-state index in [0.29, 0.717) is 0 Å². The molecule has 0 atom stereocenters. The SMILES string of the molecule is CN(C)CCOCCNCc1ccn[nH]1. The maximum Gasteiger partial charge on any atom is 0.0593 e. The summed E-state index contributed by atoms with van der Waals surface area (Å²) in [6, 6.07) is 1.96. The molecule has 0 aliphatic carbocycles. The van der Waals surface area contributed by atoms with E-state index in [0.717, 1.165) is 38.5 Å². The molecule has 0 radical (unpaired) electrons. The van der Waals surface area contributed by atoms with Gasteiger partial charge in [-0.2, -0.15) is 5.10 Å². The number of nitrogens with zero attached hydrogens (tertiary/aromatic N) is 2. The van der Waals surface area contributed by atoms with Gasteiger partial charge in [-0.15, -0.1) is 0 Å². The van der Waals surface area contributed by atoms with E-state index in [1.165, 1.54) is 0 Å². The fourth-order valence-corrected chi connectivity index (χ4v) is 1.10. The lowest BCUT2D eigenvalue weighted by atomic mass is 10.4. The molecule has 0 unspecified atom stereocenters. The number of aromatic nitrogens is 2. The van der Waals surface area contributed by atoms with Gasteiger partial charge in [-0.25, -0.2) is 0 Å². The van der Waals surface area contributed by atoms with Gasteiger partial charge in [0.1, 0.15) is 0 Å². The first-order valence-electron chi connectivity index (χ1n) is 5.20. The molecule has 0 aromatic carbocycles. The summed E-state index contributed by atoms with van der Waals surface area (Å²) < 4.78 is 5.43. The van der Waals surface area contributed by atoms with E-state index in [1.54, 1.807) is 6.20 Å². The molecule has 1 aromatic heterocycles. The fourth-order valence-electron chi connectivity index (χ4n) is 1.10. The van der Waals surface area contributed by atoms with Gasteiger partial charge < -0.3 is 15.0 Å². The Morgan fingerprint density at radius 3 is 3.00 bits per heavy atom. The van der Waals surface area contributed by atoms with Crippen LogP contribution in [0.1, 0.15) is 5.69 Å². The molecule has 0 aliphatic heterocycles. The lowest BCUT2D eigenvalue weighted by molar-refractivity contribution is 0.119. The van der Waals surface area contributed by atoms with Gasteiger partial charge in [0, 0.05) is 31.5 Å². The van der Waals surface area contributed by atoms with Crippen LogP contribution in [-0.2, 0) is 11.3 Å². The van der Waals surface area contributed by atoms with Crippen molar-refractivity contribution in [1.82, 2.24) is 20.4 Å². The highest BCUT2D eigenvalue weighted by atomic mass is 16.5. The third-order valence-corrected chi connectivity index (χ3v) is 1.98. The normalized spacial score (nSPS) is 11.1. The second-order valence-electron chi connectivity index (χ2n) is 3.67. The number of hydrogen-bond donors (Lipinski definition) is 2. The zero-order chi connectivity index (χ0) is 10.9. The van der Waals surface area contributed by atoms with Gasteiger partial charge in [-0.05, 0) is 20.2 Å². The van der Waals surface area contributed by atoms with Crippen LogP contribution in [0.25, 0.3) is 0 Å². The molecular formula is C10H20N4O. The van der Waals surface area contributed by atoms with E-state index in [4.69, 9.17) is 4.74 Å². The van der Waals surface area contributed by atoms with Crippen molar-refractivity contribution in [2.45, 2.75) is 6.54 Å². The van der Waals surface area contributed by atoms with Crippen LogP contribution >= 0.6 is 0 Å². The molecule has 86 valence electrons. The first-order valence-corrected chi connectivity index (χ1v) is 5.20. The molecule has 0 spiro atoms. The number of H-pyrrole nitrogens is 1. The van der Waals surface area contributed by atoms with Gasteiger partial charge in [0.25, 0.3) is 0 Å². The van der Waals surface area contributed by atoms with Gasteiger partial charge in [-0.3, -0.25) is 5.10 Å². The summed E-state index contributed by atoms with van der Waals surface area (Å²) in [6.07, 6.45) is 1.75. The van der Waals surface area contributed by atoms with Crippen LogP contribution in [0.4, 0.5) is 0 Å². The molecule has 0 saturated heterocycles. The number of hydrogen-bond acceptors (Lipinski definition) is 4. The first-order chi connectivity index (χ1) is 7.29. The second-order valence-corrected chi connectivity index (χ2v) is 3.67. The van der Waals surface area contributed by atoms with Crippen LogP contribution in [0.5, 0.6) is 0 Å². The van der Waals surface area contributed by atoms with Crippen LogP contribution in [0, 0.1) is 0 Å². The Labute approximate surface area is 90.8 Å². The summed E-state index contributed by atoms with van der Waals surface area (Å²) in [7, 11) is 4.08. The van der Waals surface area contributed by atoms with Crippen LogP contribution in [0.15, 0.2) is 12.3 Å². The molecule has 1 heterocycles. The third kappa shape index (κ3) is 6.22. The number of rotatable bonds is 8. The average Bonchev–Trinajstić information content (AvgIpc) is 2.68. The Morgan fingerprint density at radius 1 is 1.47 bits per heavy atom. The molecule has 0 bridgehead atoms. The molecular weight excluding hydrogens is 192 g/mol. The predicted molar refractivity (Wildman–Crippen MR) is 59.7 cm³/mol. The Balaban J connectivity index is 1.85. The quantitative estimate of drug-likeness (QED) is 0.599. The topological polar surface area (TPSA) is 53.2 Å². The van der Waals surface area contributed by atoms with Crippen molar-refractivity contribution in [1.29, 1.82) is 0 Å². The molecule has 0 aliphatic rings. The van der Waals surface area contributed by atoms with E-state index in [1.807, 2.05) is 20.2 Å². The summed E-state index contributed by atoms with van der Waals surface area (Å²) in [4.78, 5) is 2.11. The number of aromatic amines is 1.